The molecule has 0 spiro atoms. The smallest absolute Gasteiger partial charge is 0.110 e. The lowest BCUT2D eigenvalue weighted by atomic mass is 10.3. The number of halogens is 2. The third-order valence-electron chi connectivity index (χ3n) is 2.27. The van der Waals surface area contributed by atoms with E-state index in [4.69, 9.17) is 11.6 Å². The highest BCUT2D eigenvalue weighted by atomic mass is 79.9. The van der Waals surface area contributed by atoms with Gasteiger partial charge in [-0.25, -0.2) is 4.98 Å². The summed E-state index contributed by atoms with van der Waals surface area (Å²) < 4.78 is 3.12. The predicted octanol–water partition coefficient (Wildman–Crippen LogP) is 3.12. The number of aromatic nitrogens is 2. The number of hydrogen-bond acceptors (Lipinski definition) is 1. The quantitative estimate of drug-likeness (QED) is 0.769. The molecule has 0 unspecified atom stereocenters. The molecule has 1 aromatic carbocycles. The van der Waals surface area contributed by atoms with Crippen LogP contribution >= 0.6 is 27.5 Å². The number of fused-ring (bicyclic) bond motifs is 1. The van der Waals surface area contributed by atoms with Gasteiger partial charge in [0.2, 0.25) is 0 Å². The van der Waals surface area contributed by atoms with E-state index in [1.807, 2.05) is 19.2 Å². The van der Waals surface area contributed by atoms with Gasteiger partial charge in [-0.3, -0.25) is 0 Å². The van der Waals surface area contributed by atoms with Crippen LogP contribution in [0.25, 0.3) is 11.0 Å². The van der Waals surface area contributed by atoms with Gasteiger partial charge in [-0.15, -0.1) is 11.6 Å². The molecule has 1 heterocycles. The predicted molar refractivity (Wildman–Crippen MR) is 62.8 cm³/mol. The molecule has 2 nitrogen and oxygen atoms in total. The second-order valence-electron chi connectivity index (χ2n) is 3.13. The van der Waals surface area contributed by atoms with Gasteiger partial charge in [-0.2, -0.15) is 0 Å². The second-order valence-corrected chi connectivity index (χ2v) is 4.37. The van der Waals surface area contributed by atoms with E-state index >= 15 is 0 Å². The van der Waals surface area contributed by atoms with Crippen molar-refractivity contribution in [2.45, 2.75) is 6.42 Å². The molecule has 4 heteroatoms. The normalized spacial score (nSPS) is 11.1. The van der Waals surface area contributed by atoms with Crippen molar-refractivity contribution in [1.29, 1.82) is 0 Å². The molecule has 0 atom stereocenters. The van der Waals surface area contributed by atoms with Crippen molar-refractivity contribution in [3.05, 3.63) is 28.5 Å². The summed E-state index contributed by atoms with van der Waals surface area (Å²) in [5.74, 6) is 1.64. The van der Waals surface area contributed by atoms with Crippen LogP contribution in [0.5, 0.6) is 0 Å². The van der Waals surface area contributed by atoms with E-state index in [2.05, 4.69) is 31.5 Å². The zero-order chi connectivity index (χ0) is 10.1. The zero-order valence-corrected chi connectivity index (χ0v) is 10.1. The lowest BCUT2D eigenvalue weighted by molar-refractivity contribution is 0.831. The monoisotopic (exact) mass is 272 g/mol. The Kier molecular flexibility index (Phi) is 2.79. The van der Waals surface area contributed by atoms with Gasteiger partial charge in [-0.05, 0) is 28.1 Å². The van der Waals surface area contributed by atoms with Crippen molar-refractivity contribution >= 4 is 38.6 Å². The third kappa shape index (κ3) is 1.55. The average Bonchev–Trinajstić information content (AvgIpc) is 2.48. The highest BCUT2D eigenvalue weighted by molar-refractivity contribution is 9.10. The number of alkyl halides is 1. The fourth-order valence-electron chi connectivity index (χ4n) is 1.54. The van der Waals surface area contributed by atoms with E-state index in [0.29, 0.717) is 5.88 Å². The number of para-hydroxylation sites is 1. The van der Waals surface area contributed by atoms with Gasteiger partial charge in [0.25, 0.3) is 0 Å². The van der Waals surface area contributed by atoms with Gasteiger partial charge < -0.3 is 4.57 Å². The van der Waals surface area contributed by atoms with Crippen LogP contribution in [-0.4, -0.2) is 15.4 Å². The van der Waals surface area contributed by atoms with Crippen LogP contribution in [0.3, 0.4) is 0 Å². The summed E-state index contributed by atoms with van der Waals surface area (Å²) >= 11 is 9.20. The van der Waals surface area contributed by atoms with Crippen LogP contribution in [0.4, 0.5) is 0 Å². The van der Waals surface area contributed by atoms with E-state index in [-0.39, 0.29) is 0 Å². The van der Waals surface area contributed by atoms with Crippen molar-refractivity contribution in [2.24, 2.45) is 7.05 Å². The fourth-order valence-corrected chi connectivity index (χ4v) is 2.15. The fraction of sp³-hybridized carbons (Fsp3) is 0.300. The van der Waals surface area contributed by atoms with Crippen LogP contribution in [0.2, 0.25) is 0 Å². The first kappa shape index (κ1) is 9.99. The highest BCUT2D eigenvalue weighted by Crippen LogP contribution is 2.23. The maximum atomic E-state index is 5.71. The number of rotatable bonds is 2. The molecule has 74 valence electrons. The molecule has 0 amide bonds. The molecular weight excluding hydrogens is 263 g/mol. The molecular formula is C10H10BrClN2. The Morgan fingerprint density at radius 3 is 2.93 bits per heavy atom. The molecule has 0 bridgehead atoms. The molecule has 0 N–H and O–H groups in total. The Morgan fingerprint density at radius 1 is 1.50 bits per heavy atom. The number of imidazole rings is 1. The molecule has 0 aliphatic carbocycles. The van der Waals surface area contributed by atoms with Gasteiger partial charge >= 0.3 is 0 Å². The summed E-state index contributed by atoms with van der Waals surface area (Å²) in [6, 6.07) is 6.07. The summed E-state index contributed by atoms with van der Waals surface area (Å²) in [6.45, 7) is 0. The van der Waals surface area contributed by atoms with E-state index in [9.17, 15) is 0 Å². The lowest BCUT2D eigenvalue weighted by Crippen LogP contribution is -1.98. The highest BCUT2D eigenvalue weighted by Gasteiger charge is 2.08. The van der Waals surface area contributed by atoms with Crippen LogP contribution in [0.15, 0.2) is 22.7 Å². The summed E-state index contributed by atoms with van der Waals surface area (Å²) in [4.78, 5) is 4.53. The van der Waals surface area contributed by atoms with Crippen LogP contribution in [0.1, 0.15) is 5.82 Å². The van der Waals surface area contributed by atoms with Gasteiger partial charge in [-0.1, -0.05) is 6.07 Å². The zero-order valence-electron chi connectivity index (χ0n) is 7.80. The first-order chi connectivity index (χ1) is 6.74. The first-order valence-electron chi connectivity index (χ1n) is 4.40. The topological polar surface area (TPSA) is 17.8 Å². The molecule has 2 aromatic rings. The standard InChI is InChI=1S/C10H10BrClN2/c1-14-8-4-2-3-7(11)10(8)13-9(14)5-6-12/h2-4H,5-6H2,1H3. The largest absolute Gasteiger partial charge is 0.331 e. The third-order valence-corrected chi connectivity index (χ3v) is 3.10. The van der Waals surface area contributed by atoms with Crippen LogP contribution < -0.4 is 0 Å². The van der Waals surface area contributed by atoms with Gasteiger partial charge in [0, 0.05) is 23.8 Å². The van der Waals surface area contributed by atoms with E-state index in [1.54, 1.807) is 0 Å². The second kappa shape index (κ2) is 3.91. The summed E-state index contributed by atoms with van der Waals surface area (Å²) in [7, 11) is 2.02. The number of aryl methyl sites for hydroxylation is 2. The maximum absolute atomic E-state index is 5.71. The molecule has 0 aliphatic heterocycles. The number of nitrogens with zero attached hydrogens (tertiary/aromatic N) is 2. The lowest BCUT2D eigenvalue weighted by Gasteiger charge is -1.98. The molecule has 14 heavy (non-hydrogen) atoms. The summed E-state index contributed by atoms with van der Waals surface area (Å²) in [5, 5.41) is 0. The Hall–Kier alpha value is -0.540. The Labute approximate surface area is 96.0 Å². The number of hydrogen-bond donors (Lipinski definition) is 0. The molecule has 0 saturated carbocycles. The van der Waals surface area contributed by atoms with Gasteiger partial charge in [0.1, 0.15) is 11.3 Å². The maximum Gasteiger partial charge on any atom is 0.110 e. The van der Waals surface area contributed by atoms with Crippen LogP contribution in [-0.2, 0) is 13.5 Å². The molecule has 0 aliphatic rings. The van der Waals surface area contributed by atoms with E-state index in [1.165, 1.54) is 0 Å². The first-order valence-corrected chi connectivity index (χ1v) is 5.72. The molecule has 0 fully saturated rings. The minimum atomic E-state index is 0.606. The van der Waals surface area contributed by atoms with Gasteiger partial charge in [0.05, 0.1) is 5.52 Å². The Bertz CT molecular complexity index is 464. The summed E-state index contributed by atoms with van der Waals surface area (Å²) in [6.07, 6.45) is 0.805. The molecule has 1 aromatic heterocycles. The van der Waals surface area contributed by atoms with Crippen molar-refractivity contribution in [1.82, 2.24) is 9.55 Å². The SMILES string of the molecule is Cn1c(CCCl)nc2c(Br)cccc21. The number of benzene rings is 1. The van der Waals surface area contributed by atoms with Crippen molar-refractivity contribution in [3.63, 3.8) is 0 Å². The minimum absolute atomic E-state index is 0.606. The van der Waals surface area contributed by atoms with Crippen molar-refractivity contribution < 1.29 is 0 Å². The Morgan fingerprint density at radius 2 is 2.29 bits per heavy atom. The van der Waals surface area contributed by atoms with E-state index < -0.39 is 0 Å². The summed E-state index contributed by atoms with van der Waals surface area (Å²) in [5.41, 5.74) is 2.15. The average molecular weight is 274 g/mol. The van der Waals surface area contributed by atoms with Crippen molar-refractivity contribution in [3.8, 4) is 0 Å². The molecule has 0 radical (unpaired) electrons. The molecule has 0 saturated heterocycles. The van der Waals surface area contributed by atoms with Gasteiger partial charge in [0.15, 0.2) is 0 Å². The van der Waals surface area contributed by atoms with Crippen LogP contribution in [0, 0.1) is 0 Å². The van der Waals surface area contributed by atoms with E-state index in [0.717, 1.165) is 27.8 Å². The minimum Gasteiger partial charge on any atom is -0.331 e. The molecule has 2 rings (SSSR count). The Balaban J connectivity index is 2.67. The van der Waals surface area contributed by atoms with Crippen molar-refractivity contribution in [2.75, 3.05) is 5.88 Å².